The molecule has 1 saturated heterocycles. The average molecular weight is 395 g/mol. The first kappa shape index (κ1) is 18.3. The van der Waals surface area contributed by atoms with Crippen LogP contribution in [0.5, 0.6) is 0 Å². The summed E-state index contributed by atoms with van der Waals surface area (Å²) in [6.45, 7) is 1.15. The minimum Gasteiger partial charge on any atom is -0.451 e. The first-order chi connectivity index (χ1) is 13.6. The van der Waals surface area contributed by atoms with Gasteiger partial charge in [0.05, 0.1) is 0 Å². The number of halogens is 1. The minimum absolute atomic E-state index is 0.162. The van der Waals surface area contributed by atoms with Crippen LogP contribution >= 0.6 is 11.6 Å². The Morgan fingerprint density at radius 2 is 1.79 bits per heavy atom. The summed E-state index contributed by atoms with van der Waals surface area (Å²) < 4.78 is 5.66. The third kappa shape index (κ3) is 3.94. The maximum Gasteiger partial charge on any atom is 0.287 e. The fourth-order valence-corrected chi connectivity index (χ4v) is 3.34. The zero-order chi connectivity index (χ0) is 19.5. The third-order valence-electron chi connectivity index (χ3n) is 4.73. The van der Waals surface area contributed by atoms with E-state index in [1.54, 1.807) is 29.2 Å². The predicted molar refractivity (Wildman–Crippen MR) is 108 cm³/mol. The lowest BCUT2D eigenvalue weighted by atomic mass is 10.2. The van der Waals surface area contributed by atoms with Crippen molar-refractivity contribution in [3.63, 3.8) is 0 Å². The number of hydrogen-bond acceptors (Lipinski definition) is 3. The highest BCUT2D eigenvalue weighted by molar-refractivity contribution is 6.30. The quantitative estimate of drug-likeness (QED) is 0.684. The second-order valence-electron chi connectivity index (χ2n) is 6.67. The van der Waals surface area contributed by atoms with Gasteiger partial charge < -0.3 is 14.6 Å². The number of benzene rings is 2. The van der Waals surface area contributed by atoms with Crippen LogP contribution in [-0.2, 0) is 11.3 Å². The second-order valence-corrected chi connectivity index (χ2v) is 7.11. The number of nitrogens with one attached hydrogen (secondary N) is 1. The second kappa shape index (κ2) is 7.90. The molecule has 2 aromatic carbocycles. The summed E-state index contributed by atoms with van der Waals surface area (Å²) in [6.07, 6.45) is 1.51. The molecule has 2 amide bonds. The maximum absolute atomic E-state index is 12.4. The van der Waals surface area contributed by atoms with E-state index in [4.69, 9.17) is 16.0 Å². The lowest BCUT2D eigenvalue weighted by Crippen LogP contribution is -2.24. The Morgan fingerprint density at radius 3 is 2.46 bits per heavy atom. The standard InChI is InChI=1S/C22H19ClN2O3/c23-17-7-5-16(6-8-17)19-11-12-20(28-19)22(27)24-14-15-3-9-18(10-4-15)25-13-1-2-21(25)26/h3-12H,1-2,13-14H2,(H,24,27). The Kier molecular flexibility index (Phi) is 5.17. The van der Waals surface area contributed by atoms with Crippen LogP contribution in [0.4, 0.5) is 5.69 Å². The van der Waals surface area contributed by atoms with Crippen LogP contribution in [0.25, 0.3) is 11.3 Å². The molecule has 1 fully saturated rings. The van der Waals surface area contributed by atoms with Gasteiger partial charge in [0.25, 0.3) is 5.91 Å². The average Bonchev–Trinajstić information content (AvgIpc) is 3.37. The van der Waals surface area contributed by atoms with E-state index in [-0.39, 0.29) is 17.6 Å². The molecule has 5 nitrogen and oxygen atoms in total. The van der Waals surface area contributed by atoms with E-state index >= 15 is 0 Å². The van der Waals surface area contributed by atoms with Crippen molar-refractivity contribution in [2.24, 2.45) is 0 Å². The van der Waals surface area contributed by atoms with Gasteiger partial charge in [-0.2, -0.15) is 0 Å². The number of hydrogen-bond donors (Lipinski definition) is 1. The zero-order valence-electron chi connectivity index (χ0n) is 15.2. The Bertz CT molecular complexity index is 993. The molecule has 0 bridgehead atoms. The van der Waals surface area contributed by atoms with Gasteiger partial charge in [-0.15, -0.1) is 0 Å². The van der Waals surface area contributed by atoms with E-state index in [2.05, 4.69) is 5.32 Å². The van der Waals surface area contributed by atoms with E-state index < -0.39 is 0 Å². The maximum atomic E-state index is 12.4. The van der Waals surface area contributed by atoms with Crippen molar-refractivity contribution in [2.45, 2.75) is 19.4 Å². The first-order valence-electron chi connectivity index (χ1n) is 9.13. The zero-order valence-corrected chi connectivity index (χ0v) is 15.9. The van der Waals surface area contributed by atoms with E-state index in [1.165, 1.54) is 0 Å². The van der Waals surface area contributed by atoms with E-state index in [0.29, 0.717) is 23.7 Å². The van der Waals surface area contributed by atoms with Crippen molar-refractivity contribution in [3.05, 3.63) is 77.0 Å². The van der Waals surface area contributed by atoms with Gasteiger partial charge in [0.2, 0.25) is 5.91 Å². The smallest absolute Gasteiger partial charge is 0.287 e. The summed E-state index contributed by atoms with van der Waals surface area (Å²) in [5, 5.41) is 3.50. The largest absolute Gasteiger partial charge is 0.451 e. The van der Waals surface area contributed by atoms with Crippen molar-refractivity contribution >= 4 is 29.1 Å². The number of furan rings is 1. The third-order valence-corrected chi connectivity index (χ3v) is 4.99. The molecule has 0 atom stereocenters. The van der Waals surface area contributed by atoms with Crippen molar-refractivity contribution in [1.82, 2.24) is 5.32 Å². The Labute approximate surface area is 167 Å². The van der Waals surface area contributed by atoms with Gasteiger partial charge >= 0.3 is 0 Å². The number of carbonyl (C=O) groups is 2. The molecule has 0 radical (unpaired) electrons. The summed E-state index contributed by atoms with van der Waals surface area (Å²) in [7, 11) is 0. The normalized spacial score (nSPS) is 13.8. The van der Waals surface area contributed by atoms with Crippen LogP contribution < -0.4 is 10.2 Å². The predicted octanol–water partition coefficient (Wildman–Crippen LogP) is 4.66. The summed E-state index contributed by atoms with van der Waals surface area (Å²) >= 11 is 5.89. The van der Waals surface area contributed by atoms with Crippen LogP contribution in [0.3, 0.4) is 0 Å². The first-order valence-corrected chi connectivity index (χ1v) is 9.51. The summed E-state index contributed by atoms with van der Waals surface area (Å²) in [4.78, 5) is 26.0. The van der Waals surface area contributed by atoms with E-state index in [0.717, 1.165) is 29.8 Å². The summed E-state index contributed by atoms with van der Waals surface area (Å²) in [5.41, 5.74) is 2.71. The van der Waals surface area contributed by atoms with Gasteiger partial charge in [-0.1, -0.05) is 23.7 Å². The fraction of sp³-hybridized carbons (Fsp3) is 0.182. The van der Waals surface area contributed by atoms with Crippen LogP contribution in [0.15, 0.2) is 65.1 Å². The SMILES string of the molecule is O=C(NCc1ccc(N2CCCC2=O)cc1)c1ccc(-c2ccc(Cl)cc2)o1. The molecule has 28 heavy (non-hydrogen) atoms. The van der Waals surface area contributed by atoms with Gasteiger partial charge in [0.1, 0.15) is 5.76 Å². The van der Waals surface area contributed by atoms with Gasteiger partial charge in [-0.25, -0.2) is 0 Å². The van der Waals surface area contributed by atoms with Crippen LogP contribution in [0.2, 0.25) is 5.02 Å². The number of rotatable bonds is 5. The Morgan fingerprint density at radius 1 is 1.04 bits per heavy atom. The molecule has 0 spiro atoms. The molecule has 1 aliphatic rings. The van der Waals surface area contributed by atoms with Crippen molar-refractivity contribution in [3.8, 4) is 11.3 Å². The molecule has 0 saturated carbocycles. The molecule has 0 aliphatic carbocycles. The molecule has 1 N–H and O–H groups in total. The van der Waals surface area contributed by atoms with Crippen molar-refractivity contribution in [2.75, 3.05) is 11.4 Å². The summed E-state index contributed by atoms with van der Waals surface area (Å²) in [6, 6.07) is 18.3. The topological polar surface area (TPSA) is 62.6 Å². The molecule has 142 valence electrons. The number of carbonyl (C=O) groups excluding carboxylic acids is 2. The molecule has 4 rings (SSSR count). The highest BCUT2D eigenvalue weighted by Gasteiger charge is 2.21. The molecule has 2 heterocycles. The Hall–Kier alpha value is -3.05. The van der Waals surface area contributed by atoms with E-state index in [1.807, 2.05) is 36.4 Å². The van der Waals surface area contributed by atoms with Crippen LogP contribution in [0, 0.1) is 0 Å². The van der Waals surface area contributed by atoms with Gasteiger partial charge in [0.15, 0.2) is 5.76 Å². The number of nitrogens with zero attached hydrogens (tertiary/aromatic N) is 1. The van der Waals surface area contributed by atoms with Crippen molar-refractivity contribution in [1.29, 1.82) is 0 Å². The van der Waals surface area contributed by atoms with Gasteiger partial charge in [0, 0.05) is 35.8 Å². The molecular weight excluding hydrogens is 376 g/mol. The highest BCUT2D eigenvalue weighted by atomic mass is 35.5. The number of amides is 2. The molecular formula is C22H19ClN2O3. The molecule has 1 aromatic heterocycles. The van der Waals surface area contributed by atoms with Gasteiger partial charge in [-0.05, 0) is 60.5 Å². The van der Waals surface area contributed by atoms with E-state index in [9.17, 15) is 9.59 Å². The highest BCUT2D eigenvalue weighted by Crippen LogP contribution is 2.24. The monoisotopic (exact) mass is 394 g/mol. The minimum atomic E-state index is -0.279. The summed E-state index contributed by atoms with van der Waals surface area (Å²) in [5.74, 6) is 0.750. The van der Waals surface area contributed by atoms with Crippen LogP contribution in [-0.4, -0.2) is 18.4 Å². The number of anilines is 1. The molecule has 0 unspecified atom stereocenters. The van der Waals surface area contributed by atoms with Gasteiger partial charge in [-0.3, -0.25) is 9.59 Å². The lowest BCUT2D eigenvalue weighted by molar-refractivity contribution is -0.117. The van der Waals surface area contributed by atoms with Crippen molar-refractivity contribution < 1.29 is 14.0 Å². The molecule has 1 aliphatic heterocycles. The fourth-order valence-electron chi connectivity index (χ4n) is 3.21. The lowest BCUT2D eigenvalue weighted by Gasteiger charge is -2.16. The van der Waals surface area contributed by atoms with Crippen LogP contribution in [0.1, 0.15) is 29.0 Å². The Balaban J connectivity index is 1.37. The molecule has 3 aromatic rings. The molecule has 6 heteroatoms.